The molecule has 18 heteroatoms. The number of carbonyl (C=O) groups is 1. The highest BCUT2D eigenvalue weighted by Gasteiger charge is 2.31. The van der Waals surface area contributed by atoms with Gasteiger partial charge in [-0.05, 0) is 53.9 Å². The largest absolute Gasteiger partial charge is 0.542 e. The van der Waals surface area contributed by atoms with Crippen molar-refractivity contribution in [1.29, 1.82) is 0 Å². The number of quaternary nitrogens is 1. The van der Waals surface area contributed by atoms with Crippen molar-refractivity contribution < 1.29 is 53.9 Å². The summed E-state index contributed by atoms with van der Waals surface area (Å²) in [7, 11) is 3.52. The van der Waals surface area contributed by atoms with Gasteiger partial charge in [0, 0.05) is 29.2 Å². The molecule has 0 atom stereocenters. The van der Waals surface area contributed by atoms with Crippen LogP contribution in [0.25, 0.3) is 5.69 Å². The standard InChI is InChI=1S/C32H37ClF3N4O3S2.C2HF3O2/c1-32(2,21-9-12-29(24(33)16-21)45(37,41)42)30-18-38-31(39(30)22-10-11-25(34)28(17-22)43-6)44-19-23-26(35)14-20(15-27(23)36)8-7-13-40(3,4)5;3-2(4,5)1(6)7/h9-12,14-18H,7-8,13,19H2,1-6H3,(H2,37,41,42);(H,6,7)/q+1;/p-1. The number of carboxylic acids is 1. The summed E-state index contributed by atoms with van der Waals surface area (Å²) in [5.74, 6) is -4.89. The number of hydrogen-bond donors (Lipinski definition) is 1. The Hall–Kier alpha value is -3.77. The minimum atomic E-state index is -5.19. The average molecular weight is 795 g/mol. The van der Waals surface area contributed by atoms with Crippen LogP contribution in [0.4, 0.5) is 26.3 Å². The molecule has 0 saturated heterocycles. The van der Waals surface area contributed by atoms with E-state index in [-0.39, 0.29) is 27.0 Å². The molecule has 0 saturated carbocycles. The number of carboxylic acid groups (broad SMARTS) is 1. The molecule has 0 unspecified atom stereocenters. The fraction of sp³-hybridized carbons (Fsp3) is 0.353. The first-order valence-corrected chi connectivity index (χ1v) is 18.2. The molecule has 0 aliphatic rings. The van der Waals surface area contributed by atoms with Crippen LogP contribution >= 0.6 is 23.4 Å². The summed E-state index contributed by atoms with van der Waals surface area (Å²) >= 11 is 7.44. The fourth-order valence-electron chi connectivity index (χ4n) is 5.01. The van der Waals surface area contributed by atoms with Crippen LogP contribution in [-0.4, -0.2) is 69.4 Å². The van der Waals surface area contributed by atoms with Gasteiger partial charge in [-0.2, -0.15) is 13.2 Å². The van der Waals surface area contributed by atoms with Crippen molar-refractivity contribution >= 4 is 39.4 Å². The van der Waals surface area contributed by atoms with Crippen molar-refractivity contribution in [3.8, 4) is 11.4 Å². The first kappa shape index (κ1) is 42.6. The summed E-state index contributed by atoms with van der Waals surface area (Å²) in [5, 5.41) is 14.4. The van der Waals surface area contributed by atoms with Crippen LogP contribution in [-0.2, 0) is 32.4 Å². The molecule has 0 aliphatic heterocycles. The highest BCUT2D eigenvalue weighted by atomic mass is 35.5. The molecule has 0 spiro atoms. The number of primary sulfonamides is 1. The number of methoxy groups -OCH3 is 1. The van der Waals surface area contributed by atoms with Gasteiger partial charge in [-0.1, -0.05) is 43.3 Å². The van der Waals surface area contributed by atoms with Gasteiger partial charge in [0.05, 0.1) is 57.4 Å². The molecule has 9 nitrogen and oxygen atoms in total. The quantitative estimate of drug-likeness (QED) is 0.104. The zero-order valence-corrected chi connectivity index (χ0v) is 31.3. The molecule has 3 aromatic carbocycles. The topological polar surface area (TPSA) is 127 Å². The highest BCUT2D eigenvalue weighted by Crippen LogP contribution is 2.39. The highest BCUT2D eigenvalue weighted by molar-refractivity contribution is 7.98. The maximum atomic E-state index is 15.2. The number of carbonyl (C=O) groups excluding carboxylic acids is 1. The van der Waals surface area contributed by atoms with Crippen molar-refractivity contribution in [1.82, 2.24) is 9.55 Å². The molecule has 0 radical (unpaired) electrons. The molecule has 284 valence electrons. The number of benzene rings is 3. The number of nitrogens with zero attached hydrogens (tertiary/aromatic N) is 3. The van der Waals surface area contributed by atoms with E-state index in [1.54, 1.807) is 22.9 Å². The molecule has 4 aromatic rings. The molecule has 4 rings (SSSR count). The Morgan fingerprint density at radius 1 is 1.02 bits per heavy atom. The van der Waals surface area contributed by atoms with Crippen LogP contribution in [0.5, 0.6) is 5.75 Å². The third-order valence-corrected chi connectivity index (χ3v) is 10.2. The van der Waals surface area contributed by atoms with E-state index >= 15 is 8.78 Å². The summed E-state index contributed by atoms with van der Waals surface area (Å²) < 4.78 is 108. The zero-order valence-electron chi connectivity index (χ0n) is 28.9. The number of aryl methyl sites for hydroxylation is 1. The van der Waals surface area contributed by atoms with Gasteiger partial charge in [-0.15, -0.1) is 0 Å². The van der Waals surface area contributed by atoms with E-state index in [0.717, 1.165) is 29.2 Å². The maximum absolute atomic E-state index is 15.2. The Morgan fingerprint density at radius 3 is 2.12 bits per heavy atom. The van der Waals surface area contributed by atoms with Gasteiger partial charge in [-0.3, -0.25) is 4.57 Å². The average Bonchev–Trinajstić information content (AvgIpc) is 3.44. The summed E-state index contributed by atoms with van der Waals surface area (Å²) in [6.45, 7) is 4.64. The Kier molecular flexibility index (Phi) is 13.5. The number of ether oxygens (including phenoxy) is 1. The number of hydrogen-bond acceptors (Lipinski definition) is 7. The van der Waals surface area contributed by atoms with Crippen LogP contribution in [0.15, 0.2) is 64.8 Å². The Bertz CT molecular complexity index is 2010. The molecule has 0 fully saturated rings. The van der Waals surface area contributed by atoms with Crippen molar-refractivity contribution in [3.63, 3.8) is 0 Å². The van der Waals surface area contributed by atoms with Crippen molar-refractivity contribution in [3.05, 3.63) is 99.6 Å². The molecular weight excluding hydrogens is 758 g/mol. The molecular formula is C34H37ClF6N4O5S2. The third kappa shape index (κ3) is 10.9. The van der Waals surface area contributed by atoms with Gasteiger partial charge in [-0.25, -0.2) is 31.7 Å². The van der Waals surface area contributed by atoms with Gasteiger partial charge < -0.3 is 19.1 Å². The maximum Gasteiger partial charge on any atom is 0.430 e. The number of imidazole rings is 1. The minimum Gasteiger partial charge on any atom is -0.542 e. The van der Waals surface area contributed by atoms with Gasteiger partial charge in [0.2, 0.25) is 10.0 Å². The monoisotopic (exact) mass is 794 g/mol. The number of thioether (sulfide) groups is 1. The van der Waals surface area contributed by atoms with Crippen molar-refractivity contribution in [2.45, 2.75) is 54.1 Å². The smallest absolute Gasteiger partial charge is 0.430 e. The lowest BCUT2D eigenvalue weighted by molar-refractivity contribution is -0.870. The first-order chi connectivity index (χ1) is 23.9. The van der Waals surface area contributed by atoms with E-state index in [2.05, 4.69) is 26.1 Å². The second-order valence-corrected chi connectivity index (χ2v) is 16.0. The van der Waals surface area contributed by atoms with E-state index in [1.165, 1.54) is 43.5 Å². The fourth-order valence-corrected chi connectivity index (χ4v) is 7.12. The molecule has 0 bridgehead atoms. The number of nitrogens with two attached hydrogens (primary N) is 1. The van der Waals surface area contributed by atoms with Gasteiger partial charge in [0.25, 0.3) is 0 Å². The van der Waals surface area contributed by atoms with Crippen LogP contribution in [0.2, 0.25) is 5.02 Å². The first-order valence-electron chi connectivity index (χ1n) is 15.3. The van der Waals surface area contributed by atoms with Gasteiger partial charge in [0.1, 0.15) is 22.5 Å². The van der Waals surface area contributed by atoms with Crippen LogP contribution in [0, 0.1) is 17.5 Å². The lowest BCUT2D eigenvalue weighted by Crippen LogP contribution is -2.37. The Morgan fingerprint density at radius 2 is 1.62 bits per heavy atom. The molecule has 1 aromatic heterocycles. The van der Waals surface area contributed by atoms with E-state index in [1.807, 2.05) is 13.8 Å². The van der Waals surface area contributed by atoms with Gasteiger partial charge in [0.15, 0.2) is 16.7 Å². The number of halogens is 7. The van der Waals surface area contributed by atoms with E-state index in [0.29, 0.717) is 34.1 Å². The molecule has 1 heterocycles. The van der Waals surface area contributed by atoms with Crippen LogP contribution < -0.4 is 15.0 Å². The zero-order chi connectivity index (χ0) is 39.4. The summed E-state index contributed by atoms with van der Waals surface area (Å²) in [6, 6.07) is 11.5. The summed E-state index contributed by atoms with van der Waals surface area (Å²) in [4.78, 5) is 13.2. The SMILES string of the molecule is COc1cc(-n2c(C(C)(C)c3ccc(S(N)(=O)=O)c(Cl)c3)cnc2SCc2c(F)cc(CCC[N+](C)(C)C)cc2F)ccc1F.O=C([O-])C(F)(F)F. The molecule has 52 heavy (non-hydrogen) atoms. The molecule has 2 N–H and O–H groups in total. The summed E-state index contributed by atoms with van der Waals surface area (Å²) in [5.41, 5.74) is 1.45. The van der Waals surface area contributed by atoms with Crippen LogP contribution in [0.3, 0.4) is 0 Å². The minimum absolute atomic E-state index is 0.000561. The lowest BCUT2D eigenvalue weighted by Gasteiger charge is -2.28. The number of alkyl halides is 3. The van der Waals surface area contributed by atoms with E-state index < -0.39 is 45.0 Å². The number of aliphatic carboxylic acids is 1. The lowest BCUT2D eigenvalue weighted by atomic mass is 9.81. The van der Waals surface area contributed by atoms with E-state index in [9.17, 15) is 26.0 Å². The third-order valence-electron chi connectivity index (χ3n) is 7.80. The number of aromatic nitrogens is 2. The van der Waals surface area contributed by atoms with Crippen molar-refractivity contribution in [2.75, 3.05) is 34.8 Å². The number of rotatable bonds is 12. The van der Waals surface area contributed by atoms with Gasteiger partial charge >= 0.3 is 6.18 Å². The predicted molar refractivity (Wildman–Crippen MR) is 183 cm³/mol. The summed E-state index contributed by atoms with van der Waals surface area (Å²) in [6.07, 6.45) is -2.22. The van der Waals surface area contributed by atoms with E-state index in [4.69, 9.17) is 31.4 Å². The second kappa shape index (κ2) is 16.5. The predicted octanol–water partition coefficient (Wildman–Crippen LogP) is 6.15. The van der Waals surface area contributed by atoms with Crippen LogP contribution in [0.1, 0.15) is 42.7 Å². The Labute approximate surface area is 307 Å². The molecule has 0 aliphatic carbocycles. The normalized spacial score (nSPS) is 12.3. The molecule has 0 amide bonds. The number of sulfonamides is 1. The second-order valence-electron chi connectivity index (χ2n) is 13.1. The van der Waals surface area contributed by atoms with Crippen molar-refractivity contribution in [2.24, 2.45) is 5.14 Å². The Balaban J connectivity index is 0.000000944.